The van der Waals surface area contributed by atoms with Gasteiger partial charge >= 0.3 is 0 Å². The maximum atomic E-state index is 5.37. The Morgan fingerprint density at radius 3 is 2.82 bits per heavy atom. The Balaban J connectivity index is 0.00000242. The van der Waals surface area contributed by atoms with Crippen LogP contribution in [-0.2, 0) is 6.42 Å². The Kier molecular flexibility index (Phi) is 9.59. The van der Waals surface area contributed by atoms with Crippen LogP contribution in [0.2, 0.25) is 0 Å². The van der Waals surface area contributed by atoms with Gasteiger partial charge in [0.05, 0.1) is 6.26 Å². The van der Waals surface area contributed by atoms with Crippen LogP contribution in [-0.4, -0.2) is 37.0 Å². The number of halogens is 1. The fourth-order valence-corrected chi connectivity index (χ4v) is 2.76. The maximum Gasteiger partial charge on any atom is 0.193 e. The van der Waals surface area contributed by atoms with Crippen molar-refractivity contribution >= 4 is 29.9 Å². The van der Waals surface area contributed by atoms with Crippen LogP contribution < -0.4 is 5.32 Å². The van der Waals surface area contributed by atoms with E-state index in [1.165, 1.54) is 38.5 Å². The van der Waals surface area contributed by atoms with E-state index in [1.807, 2.05) is 12.1 Å². The van der Waals surface area contributed by atoms with Crippen LogP contribution in [0.3, 0.4) is 0 Å². The Hall–Kier alpha value is -0.720. The standard InChI is InChI=1S/C17H29N3O.HI/c1-3-4-13-20(2)17(19-15-8-5-6-9-15)18-12-11-16-10-7-14-21-16;/h7,10,14-15H,3-6,8-9,11-13H2,1-2H3,(H,18,19);1H. The van der Waals surface area contributed by atoms with Crippen LogP contribution in [0.15, 0.2) is 27.8 Å². The van der Waals surface area contributed by atoms with Crippen LogP contribution in [0.5, 0.6) is 0 Å². The van der Waals surface area contributed by atoms with Crippen molar-refractivity contribution in [1.82, 2.24) is 10.2 Å². The second-order valence-corrected chi connectivity index (χ2v) is 5.94. The smallest absolute Gasteiger partial charge is 0.193 e. The summed E-state index contributed by atoms with van der Waals surface area (Å²) in [6, 6.07) is 4.56. The first kappa shape index (κ1) is 19.3. The Bertz CT molecular complexity index is 414. The monoisotopic (exact) mass is 419 g/mol. The zero-order valence-corrected chi connectivity index (χ0v) is 16.2. The summed E-state index contributed by atoms with van der Waals surface area (Å²) in [4.78, 5) is 7.05. The largest absolute Gasteiger partial charge is 0.469 e. The van der Waals surface area contributed by atoms with Crippen molar-refractivity contribution < 1.29 is 4.42 Å². The van der Waals surface area contributed by atoms with Crippen molar-refractivity contribution in [2.24, 2.45) is 4.99 Å². The molecular formula is C17H30IN3O. The van der Waals surface area contributed by atoms with Crippen LogP contribution in [0.25, 0.3) is 0 Å². The number of unbranched alkanes of at least 4 members (excludes halogenated alkanes) is 1. The molecule has 0 amide bonds. The molecule has 22 heavy (non-hydrogen) atoms. The zero-order valence-electron chi connectivity index (χ0n) is 13.9. The van der Waals surface area contributed by atoms with Crippen LogP contribution in [0, 0.1) is 0 Å². The minimum absolute atomic E-state index is 0. The van der Waals surface area contributed by atoms with Gasteiger partial charge in [-0.05, 0) is 31.4 Å². The second-order valence-electron chi connectivity index (χ2n) is 5.94. The van der Waals surface area contributed by atoms with Crippen LogP contribution in [0.1, 0.15) is 51.2 Å². The van der Waals surface area contributed by atoms with Gasteiger partial charge in [-0.1, -0.05) is 26.2 Å². The third kappa shape index (κ3) is 6.58. The summed E-state index contributed by atoms with van der Waals surface area (Å²) in [5.41, 5.74) is 0. The highest BCUT2D eigenvalue weighted by Crippen LogP contribution is 2.17. The molecule has 1 aliphatic rings. The second kappa shape index (κ2) is 10.9. The van der Waals surface area contributed by atoms with Gasteiger partial charge in [-0.15, -0.1) is 24.0 Å². The van der Waals surface area contributed by atoms with Gasteiger partial charge in [-0.3, -0.25) is 4.99 Å². The average molecular weight is 419 g/mol. The van der Waals surface area contributed by atoms with Gasteiger partial charge in [-0.25, -0.2) is 0 Å². The Labute approximate surface area is 151 Å². The highest BCUT2D eigenvalue weighted by Gasteiger charge is 2.17. The summed E-state index contributed by atoms with van der Waals surface area (Å²) in [6.07, 6.45) is 10.3. The summed E-state index contributed by atoms with van der Waals surface area (Å²) in [7, 11) is 2.14. The average Bonchev–Trinajstić information content (AvgIpc) is 3.17. The number of hydrogen-bond acceptors (Lipinski definition) is 2. The third-order valence-corrected chi connectivity index (χ3v) is 4.10. The lowest BCUT2D eigenvalue weighted by atomic mass is 10.2. The molecule has 1 aliphatic carbocycles. The molecule has 1 aromatic rings. The van der Waals surface area contributed by atoms with E-state index >= 15 is 0 Å². The quantitative estimate of drug-likeness (QED) is 0.412. The van der Waals surface area contributed by atoms with Crippen molar-refractivity contribution in [2.45, 2.75) is 57.9 Å². The van der Waals surface area contributed by atoms with Gasteiger partial charge in [0.15, 0.2) is 5.96 Å². The molecule has 0 aromatic carbocycles. The van der Waals surface area contributed by atoms with E-state index < -0.39 is 0 Å². The van der Waals surface area contributed by atoms with E-state index in [0.29, 0.717) is 6.04 Å². The molecule has 1 fully saturated rings. The number of guanidine groups is 1. The highest BCUT2D eigenvalue weighted by atomic mass is 127. The van der Waals surface area contributed by atoms with Crippen molar-refractivity contribution in [1.29, 1.82) is 0 Å². The van der Waals surface area contributed by atoms with Gasteiger partial charge < -0.3 is 14.6 Å². The van der Waals surface area contributed by atoms with E-state index in [4.69, 9.17) is 9.41 Å². The molecule has 1 heterocycles. The number of hydrogen-bond donors (Lipinski definition) is 1. The molecule has 0 spiro atoms. The van der Waals surface area contributed by atoms with Crippen LogP contribution >= 0.6 is 24.0 Å². The van der Waals surface area contributed by atoms with Gasteiger partial charge in [0.1, 0.15) is 5.76 Å². The summed E-state index contributed by atoms with van der Waals surface area (Å²) in [6.45, 7) is 4.07. The van der Waals surface area contributed by atoms with Gasteiger partial charge in [0.25, 0.3) is 0 Å². The van der Waals surface area contributed by atoms with Crippen molar-refractivity contribution in [3.8, 4) is 0 Å². The summed E-state index contributed by atoms with van der Waals surface area (Å²) < 4.78 is 5.37. The van der Waals surface area contributed by atoms with Crippen molar-refractivity contribution in [3.63, 3.8) is 0 Å². The lowest BCUT2D eigenvalue weighted by molar-refractivity contribution is 0.447. The van der Waals surface area contributed by atoms with Gasteiger partial charge in [0.2, 0.25) is 0 Å². The third-order valence-electron chi connectivity index (χ3n) is 4.10. The molecule has 0 unspecified atom stereocenters. The fraction of sp³-hybridized carbons (Fsp3) is 0.706. The Morgan fingerprint density at radius 2 is 2.18 bits per heavy atom. The first-order valence-corrected chi connectivity index (χ1v) is 8.34. The molecule has 2 rings (SSSR count). The lowest BCUT2D eigenvalue weighted by Crippen LogP contribution is -2.44. The maximum absolute atomic E-state index is 5.37. The van der Waals surface area contributed by atoms with Crippen LogP contribution in [0.4, 0.5) is 0 Å². The van der Waals surface area contributed by atoms with E-state index in [1.54, 1.807) is 6.26 Å². The molecule has 0 radical (unpaired) electrons. The molecule has 4 nitrogen and oxygen atoms in total. The predicted molar refractivity (Wildman–Crippen MR) is 103 cm³/mol. The molecule has 5 heteroatoms. The number of nitrogens with one attached hydrogen (secondary N) is 1. The van der Waals surface area contributed by atoms with E-state index in [9.17, 15) is 0 Å². The van der Waals surface area contributed by atoms with Crippen molar-refractivity contribution in [2.75, 3.05) is 20.1 Å². The summed E-state index contributed by atoms with van der Waals surface area (Å²) in [5.74, 6) is 2.07. The fourth-order valence-electron chi connectivity index (χ4n) is 2.76. The molecule has 1 saturated carbocycles. The van der Waals surface area contributed by atoms with Gasteiger partial charge in [0, 0.05) is 32.6 Å². The van der Waals surface area contributed by atoms with E-state index in [0.717, 1.165) is 31.2 Å². The molecule has 1 N–H and O–H groups in total. The first-order valence-electron chi connectivity index (χ1n) is 8.34. The Morgan fingerprint density at radius 1 is 1.41 bits per heavy atom. The predicted octanol–water partition coefficient (Wildman–Crippen LogP) is 4.06. The lowest BCUT2D eigenvalue weighted by Gasteiger charge is -2.25. The minimum Gasteiger partial charge on any atom is -0.469 e. The minimum atomic E-state index is 0. The number of furan rings is 1. The molecule has 0 saturated heterocycles. The van der Waals surface area contributed by atoms with Gasteiger partial charge in [-0.2, -0.15) is 0 Å². The first-order chi connectivity index (χ1) is 10.3. The molecule has 0 aliphatic heterocycles. The topological polar surface area (TPSA) is 40.8 Å². The number of nitrogens with zero attached hydrogens (tertiary/aromatic N) is 2. The SMILES string of the molecule is CCCCN(C)C(=NCCc1ccco1)NC1CCCC1.I. The number of aliphatic imine (C=N–C) groups is 1. The zero-order chi connectivity index (χ0) is 14.9. The van der Waals surface area contributed by atoms with Crippen molar-refractivity contribution in [3.05, 3.63) is 24.2 Å². The highest BCUT2D eigenvalue weighted by molar-refractivity contribution is 14.0. The molecule has 0 bridgehead atoms. The van der Waals surface area contributed by atoms with E-state index in [-0.39, 0.29) is 24.0 Å². The molecular weight excluding hydrogens is 389 g/mol. The molecule has 126 valence electrons. The molecule has 1 aromatic heterocycles. The summed E-state index contributed by atoms with van der Waals surface area (Å²) >= 11 is 0. The number of rotatable bonds is 7. The normalized spacial score (nSPS) is 15.6. The summed E-state index contributed by atoms with van der Waals surface area (Å²) in [5, 5.41) is 3.65. The van der Waals surface area contributed by atoms with E-state index in [2.05, 4.69) is 24.2 Å². The molecule has 0 atom stereocenters.